The first kappa shape index (κ1) is 14.7. The van der Waals surface area contributed by atoms with E-state index in [-0.39, 0.29) is 6.04 Å². The molecule has 100 valence electrons. The maximum atomic E-state index is 11.4. The standard InChI is InChI=1S/C13H17NO2.C2H6/c15-13(16)12(10-6-2-1-3-7-10)11-8-4-5-9-14-11;1-2/h1-3,6-7,11-12,14H,4-5,8-9H2,(H,15,16);1-2H3. The number of aliphatic carboxylic acids is 1. The SMILES string of the molecule is CC.O=C(O)C(c1ccccc1)C1CCCCN1. The quantitative estimate of drug-likeness (QED) is 0.865. The van der Waals surface area contributed by atoms with Gasteiger partial charge in [-0.1, -0.05) is 50.6 Å². The van der Waals surface area contributed by atoms with Gasteiger partial charge in [0, 0.05) is 6.04 Å². The molecule has 3 nitrogen and oxygen atoms in total. The second-order valence-electron chi connectivity index (χ2n) is 4.28. The number of carboxylic acids is 1. The fourth-order valence-electron chi connectivity index (χ4n) is 2.37. The summed E-state index contributed by atoms with van der Waals surface area (Å²) in [6.45, 7) is 4.93. The highest BCUT2D eigenvalue weighted by Gasteiger charge is 2.30. The van der Waals surface area contributed by atoms with E-state index in [1.54, 1.807) is 0 Å². The maximum Gasteiger partial charge on any atom is 0.312 e. The molecule has 1 saturated heterocycles. The Morgan fingerprint density at radius 2 is 1.94 bits per heavy atom. The average molecular weight is 249 g/mol. The lowest BCUT2D eigenvalue weighted by Crippen LogP contribution is -2.41. The molecule has 2 atom stereocenters. The second-order valence-corrected chi connectivity index (χ2v) is 4.28. The smallest absolute Gasteiger partial charge is 0.312 e. The predicted octanol–water partition coefficient (Wildman–Crippen LogP) is 3.02. The highest BCUT2D eigenvalue weighted by molar-refractivity contribution is 5.77. The molecule has 1 fully saturated rings. The van der Waals surface area contributed by atoms with Gasteiger partial charge in [0.25, 0.3) is 0 Å². The molecule has 1 heterocycles. The van der Waals surface area contributed by atoms with Crippen LogP contribution < -0.4 is 5.32 Å². The van der Waals surface area contributed by atoms with Crippen molar-refractivity contribution in [3.63, 3.8) is 0 Å². The molecule has 1 aliphatic heterocycles. The maximum absolute atomic E-state index is 11.4. The van der Waals surface area contributed by atoms with Crippen LogP contribution in [0, 0.1) is 0 Å². The van der Waals surface area contributed by atoms with E-state index < -0.39 is 11.9 Å². The summed E-state index contributed by atoms with van der Waals surface area (Å²) in [5.74, 6) is -1.15. The van der Waals surface area contributed by atoms with Gasteiger partial charge >= 0.3 is 5.97 Å². The number of carboxylic acid groups (broad SMARTS) is 1. The summed E-state index contributed by atoms with van der Waals surface area (Å²) in [5.41, 5.74) is 0.898. The van der Waals surface area contributed by atoms with Gasteiger partial charge in [-0.05, 0) is 24.9 Å². The summed E-state index contributed by atoms with van der Waals surface area (Å²) in [4.78, 5) is 11.4. The normalized spacial score (nSPS) is 20.4. The summed E-state index contributed by atoms with van der Waals surface area (Å²) in [6, 6.07) is 9.58. The monoisotopic (exact) mass is 249 g/mol. The summed E-state index contributed by atoms with van der Waals surface area (Å²) in [6.07, 6.45) is 3.22. The first-order chi connectivity index (χ1) is 8.79. The molecule has 1 aliphatic rings. The fourth-order valence-corrected chi connectivity index (χ4v) is 2.37. The van der Waals surface area contributed by atoms with Crippen molar-refractivity contribution in [2.45, 2.75) is 45.1 Å². The molecule has 3 heteroatoms. The van der Waals surface area contributed by atoms with E-state index in [1.165, 1.54) is 0 Å². The predicted molar refractivity (Wildman–Crippen MR) is 73.8 cm³/mol. The third kappa shape index (κ3) is 3.84. The lowest BCUT2D eigenvalue weighted by molar-refractivity contribution is -0.139. The third-order valence-electron chi connectivity index (χ3n) is 3.18. The van der Waals surface area contributed by atoms with Crippen LogP contribution in [0.4, 0.5) is 0 Å². The molecule has 0 aliphatic carbocycles. The van der Waals surface area contributed by atoms with Crippen LogP contribution in [0.1, 0.15) is 44.6 Å². The van der Waals surface area contributed by atoms with Crippen LogP contribution in [0.3, 0.4) is 0 Å². The Hall–Kier alpha value is -1.35. The number of carbonyl (C=O) groups is 1. The van der Waals surface area contributed by atoms with E-state index in [0.29, 0.717) is 0 Å². The van der Waals surface area contributed by atoms with Crippen molar-refractivity contribution in [3.05, 3.63) is 35.9 Å². The van der Waals surface area contributed by atoms with E-state index in [9.17, 15) is 9.90 Å². The zero-order chi connectivity index (χ0) is 13.4. The van der Waals surface area contributed by atoms with E-state index >= 15 is 0 Å². The Kier molecular flexibility index (Phi) is 6.44. The Morgan fingerprint density at radius 3 is 2.44 bits per heavy atom. The summed E-state index contributed by atoms with van der Waals surface area (Å²) >= 11 is 0. The molecule has 0 saturated carbocycles. The third-order valence-corrected chi connectivity index (χ3v) is 3.18. The van der Waals surface area contributed by atoms with Gasteiger partial charge in [-0.25, -0.2) is 0 Å². The Bertz CT molecular complexity index is 345. The lowest BCUT2D eigenvalue weighted by atomic mass is 9.86. The van der Waals surface area contributed by atoms with Crippen LogP contribution in [0.15, 0.2) is 30.3 Å². The number of rotatable bonds is 3. The molecule has 0 radical (unpaired) electrons. The van der Waals surface area contributed by atoms with Gasteiger partial charge in [0.05, 0.1) is 5.92 Å². The molecular formula is C15H23NO2. The van der Waals surface area contributed by atoms with Crippen molar-refractivity contribution in [2.24, 2.45) is 0 Å². The summed E-state index contributed by atoms with van der Waals surface area (Å²) in [5, 5.41) is 12.7. The molecule has 2 unspecified atom stereocenters. The lowest BCUT2D eigenvalue weighted by Gasteiger charge is -2.29. The number of hydrogen-bond acceptors (Lipinski definition) is 2. The molecule has 2 N–H and O–H groups in total. The van der Waals surface area contributed by atoms with Crippen LogP contribution in [0.25, 0.3) is 0 Å². The molecule has 0 bridgehead atoms. The molecule has 18 heavy (non-hydrogen) atoms. The molecule has 2 rings (SSSR count). The average Bonchev–Trinajstić information content (AvgIpc) is 2.43. The van der Waals surface area contributed by atoms with Crippen molar-refractivity contribution >= 4 is 5.97 Å². The highest BCUT2D eigenvalue weighted by Crippen LogP contribution is 2.25. The molecule has 1 aromatic carbocycles. The van der Waals surface area contributed by atoms with E-state index in [2.05, 4.69) is 5.32 Å². The van der Waals surface area contributed by atoms with Gasteiger partial charge in [0.1, 0.15) is 0 Å². The number of piperidine rings is 1. The van der Waals surface area contributed by atoms with E-state index in [1.807, 2.05) is 44.2 Å². The van der Waals surface area contributed by atoms with Crippen LogP contribution in [0.5, 0.6) is 0 Å². The number of nitrogens with one attached hydrogen (secondary N) is 1. The van der Waals surface area contributed by atoms with E-state index in [0.717, 1.165) is 31.4 Å². The molecule has 0 amide bonds. The van der Waals surface area contributed by atoms with Gasteiger partial charge in [-0.15, -0.1) is 0 Å². The largest absolute Gasteiger partial charge is 0.481 e. The number of hydrogen-bond donors (Lipinski definition) is 2. The van der Waals surface area contributed by atoms with Crippen molar-refractivity contribution in [1.29, 1.82) is 0 Å². The van der Waals surface area contributed by atoms with Gasteiger partial charge in [0.15, 0.2) is 0 Å². The Morgan fingerprint density at radius 1 is 1.28 bits per heavy atom. The molecule has 1 aromatic rings. The van der Waals surface area contributed by atoms with Gasteiger partial charge in [-0.3, -0.25) is 4.79 Å². The van der Waals surface area contributed by atoms with E-state index in [4.69, 9.17) is 0 Å². The second kappa shape index (κ2) is 7.88. The molecule has 0 aromatic heterocycles. The summed E-state index contributed by atoms with van der Waals surface area (Å²) in [7, 11) is 0. The fraction of sp³-hybridized carbons (Fsp3) is 0.533. The minimum atomic E-state index is -0.731. The van der Waals surface area contributed by atoms with Crippen LogP contribution in [-0.4, -0.2) is 23.7 Å². The topological polar surface area (TPSA) is 49.3 Å². The zero-order valence-corrected chi connectivity index (χ0v) is 11.2. The van der Waals surface area contributed by atoms with Crippen LogP contribution in [-0.2, 0) is 4.79 Å². The minimum Gasteiger partial charge on any atom is -0.481 e. The van der Waals surface area contributed by atoms with Crippen LogP contribution in [0.2, 0.25) is 0 Å². The summed E-state index contributed by atoms with van der Waals surface area (Å²) < 4.78 is 0. The Balaban J connectivity index is 0.000000771. The van der Waals surface area contributed by atoms with Crippen molar-refractivity contribution in [2.75, 3.05) is 6.54 Å². The van der Waals surface area contributed by atoms with Crippen molar-refractivity contribution in [3.8, 4) is 0 Å². The van der Waals surface area contributed by atoms with Crippen molar-refractivity contribution in [1.82, 2.24) is 5.32 Å². The first-order valence-corrected chi connectivity index (χ1v) is 6.80. The van der Waals surface area contributed by atoms with Crippen molar-refractivity contribution < 1.29 is 9.90 Å². The number of benzene rings is 1. The zero-order valence-electron chi connectivity index (χ0n) is 11.2. The first-order valence-electron chi connectivity index (χ1n) is 6.80. The molecular weight excluding hydrogens is 226 g/mol. The Labute approximate surface area is 109 Å². The van der Waals surface area contributed by atoms with Gasteiger partial charge in [-0.2, -0.15) is 0 Å². The van der Waals surface area contributed by atoms with Gasteiger partial charge < -0.3 is 10.4 Å². The highest BCUT2D eigenvalue weighted by atomic mass is 16.4. The molecule has 0 spiro atoms. The minimum absolute atomic E-state index is 0.0775. The van der Waals surface area contributed by atoms with Crippen LogP contribution >= 0.6 is 0 Å². The van der Waals surface area contributed by atoms with Gasteiger partial charge in [0.2, 0.25) is 0 Å².